The van der Waals surface area contributed by atoms with Crippen LogP contribution >= 0.6 is 11.8 Å². The fourth-order valence-corrected chi connectivity index (χ4v) is 7.54. The molecule has 13 heteroatoms. The Bertz CT molecular complexity index is 997. The number of amides is 2. The van der Waals surface area contributed by atoms with E-state index in [1.165, 1.54) is 25.0 Å². The summed E-state index contributed by atoms with van der Waals surface area (Å²) in [6.07, 6.45) is 1.11. The lowest BCUT2D eigenvalue weighted by molar-refractivity contribution is -0.156. The van der Waals surface area contributed by atoms with E-state index in [1.54, 1.807) is 27.7 Å². The SMILES string of the molecule is CCC1[C@H](Sc2ncn[nH]2)[C@@H]2[C@@H](C(=O)O)[C@@]2(CC)[C@]1(NC(=O)[C@H](C)NC(=O)OC(C)(C)C)C(=O)O. The quantitative estimate of drug-likeness (QED) is 0.328. The van der Waals surface area contributed by atoms with Crippen molar-refractivity contribution in [3.63, 3.8) is 0 Å². The van der Waals surface area contributed by atoms with Crippen LogP contribution in [0.25, 0.3) is 0 Å². The maximum absolute atomic E-state index is 13.3. The number of rotatable bonds is 9. The third-order valence-electron chi connectivity index (χ3n) is 7.16. The number of aromatic amines is 1. The molecular weight excluding hydrogens is 478 g/mol. The van der Waals surface area contributed by atoms with Gasteiger partial charge in [-0.1, -0.05) is 25.6 Å². The number of carboxylic acids is 2. The van der Waals surface area contributed by atoms with Gasteiger partial charge >= 0.3 is 18.0 Å². The number of thioether (sulfide) groups is 1. The number of carbonyl (C=O) groups is 4. The van der Waals surface area contributed by atoms with Gasteiger partial charge in [0, 0.05) is 16.6 Å². The standard InChI is InChI=1S/C22H33N5O7S/c1-7-11-14(35-18-23-9-24-27-18)12-13(16(29)30)21(12,8-2)22(11,17(31)32)26-15(28)10(3)25-19(33)34-20(4,5)6/h9-14H,7-8H2,1-6H3,(H,25,33)(H,26,28)(H,29,30)(H,31,32)(H,23,24,27)/t10-,11?,12-,13-,14-,21-,22+/m0/s1. The lowest BCUT2D eigenvalue weighted by atomic mass is 9.70. The van der Waals surface area contributed by atoms with E-state index in [1.807, 2.05) is 6.92 Å². The molecule has 7 atom stereocenters. The molecule has 0 bridgehead atoms. The average Bonchev–Trinajstić information content (AvgIpc) is 3.03. The minimum absolute atomic E-state index is 0.235. The van der Waals surface area contributed by atoms with Crippen LogP contribution in [0.3, 0.4) is 0 Å². The number of H-pyrrole nitrogens is 1. The van der Waals surface area contributed by atoms with Crippen molar-refractivity contribution in [2.45, 2.75) is 82.0 Å². The fraction of sp³-hybridized carbons (Fsp3) is 0.727. The predicted molar refractivity (Wildman–Crippen MR) is 124 cm³/mol. The number of hydrogen-bond donors (Lipinski definition) is 5. The summed E-state index contributed by atoms with van der Waals surface area (Å²) in [6, 6.07) is -1.12. The summed E-state index contributed by atoms with van der Waals surface area (Å²) in [5.74, 6) is -5.19. The van der Waals surface area contributed by atoms with Gasteiger partial charge in [-0.05, 0) is 46.5 Å². The average molecular weight is 512 g/mol. The molecule has 194 valence electrons. The van der Waals surface area contributed by atoms with Crippen molar-refractivity contribution in [2.24, 2.45) is 23.2 Å². The number of ether oxygens (including phenoxy) is 1. The largest absolute Gasteiger partial charge is 0.481 e. The molecule has 2 aliphatic carbocycles. The van der Waals surface area contributed by atoms with Crippen LogP contribution in [0.4, 0.5) is 4.79 Å². The molecule has 0 radical (unpaired) electrons. The molecule has 12 nitrogen and oxygen atoms in total. The van der Waals surface area contributed by atoms with Gasteiger partial charge in [0.25, 0.3) is 0 Å². The normalized spacial score (nSPS) is 32.3. The summed E-state index contributed by atoms with van der Waals surface area (Å²) in [4.78, 5) is 54.8. The highest BCUT2D eigenvalue weighted by Crippen LogP contribution is 2.78. The molecule has 2 fully saturated rings. The third kappa shape index (κ3) is 4.34. The first-order valence-electron chi connectivity index (χ1n) is 11.6. The molecule has 0 spiro atoms. The molecule has 5 N–H and O–H groups in total. The minimum Gasteiger partial charge on any atom is -0.481 e. The van der Waals surface area contributed by atoms with Gasteiger partial charge in [0.05, 0.1) is 5.92 Å². The third-order valence-corrected chi connectivity index (χ3v) is 8.47. The van der Waals surface area contributed by atoms with Crippen molar-refractivity contribution < 1.29 is 34.1 Å². The zero-order chi connectivity index (χ0) is 26.3. The van der Waals surface area contributed by atoms with E-state index < -0.39 is 69.5 Å². The number of nitrogens with one attached hydrogen (secondary N) is 3. The second-order valence-electron chi connectivity index (χ2n) is 10.1. The molecule has 1 heterocycles. The molecule has 1 unspecified atom stereocenters. The summed E-state index contributed by atoms with van der Waals surface area (Å²) >= 11 is 1.25. The number of aliphatic carboxylic acids is 2. The number of carboxylic acid groups (broad SMARTS) is 2. The number of aromatic nitrogens is 3. The van der Waals surface area contributed by atoms with E-state index in [-0.39, 0.29) is 6.42 Å². The van der Waals surface area contributed by atoms with Crippen LogP contribution in [0.5, 0.6) is 0 Å². The van der Waals surface area contributed by atoms with Crippen molar-refractivity contribution >= 4 is 35.7 Å². The molecule has 0 saturated heterocycles. The van der Waals surface area contributed by atoms with Gasteiger partial charge in [-0.3, -0.25) is 14.7 Å². The smallest absolute Gasteiger partial charge is 0.408 e. The van der Waals surface area contributed by atoms with E-state index in [0.29, 0.717) is 11.6 Å². The van der Waals surface area contributed by atoms with Crippen LogP contribution in [0.1, 0.15) is 54.4 Å². The second kappa shape index (κ2) is 9.32. The second-order valence-corrected chi connectivity index (χ2v) is 11.3. The summed E-state index contributed by atoms with van der Waals surface area (Å²) in [7, 11) is 0. The summed E-state index contributed by atoms with van der Waals surface area (Å²) in [5.41, 5.74) is -3.85. The van der Waals surface area contributed by atoms with Crippen molar-refractivity contribution in [3.8, 4) is 0 Å². The van der Waals surface area contributed by atoms with Crippen LogP contribution in [0.2, 0.25) is 0 Å². The van der Waals surface area contributed by atoms with Gasteiger partial charge < -0.3 is 25.6 Å². The fourth-order valence-electron chi connectivity index (χ4n) is 5.96. The van der Waals surface area contributed by atoms with E-state index in [9.17, 15) is 29.4 Å². The van der Waals surface area contributed by atoms with Gasteiger partial charge in [-0.25, -0.2) is 14.6 Å². The van der Waals surface area contributed by atoms with E-state index in [2.05, 4.69) is 25.8 Å². The predicted octanol–water partition coefficient (Wildman–Crippen LogP) is 1.89. The Hall–Kier alpha value is -2.83. The monoisotopic (exact) mass is 511 g/mol. The van der Waals surface area contributed by atoms with Crippen LogP contribution in [-0.2, 0) is 19.1 Å². The zero-order valence-corrected chi connectivity index (χ0v) is 21.4. The molecule has 2 aliphatic rings. The van der Waals surface area contributed by atoms with Gasteiger partial charge in [0.15, 0.2) is 5.16 Å². The van der Waals surface area contributed by atoms with Crippen LogP contribution in [0.15, 0.2) is 11.5 Å². The summed E-state index contributed by atoms with van der Waals surface area (Å²) in [5, 5.41) is 32.3. The van der Waals surface area contributed by atoms with E-state index >= 15 is 0 Å². The molecule has 2 amide bonds. The van der Waals surface area contributed by atoms with Crippen LogP contribution < -0.4 is 10.6 Å². The topological polar surface area (TPSA) is 184 Å². The minimum atomic E-state index is -1.86. The number of hydrogen-bond acceptors (Lipinski definition) is 8. The number of alkyl carbamates (subject to hydrolysis) is 1. The molecule has 35 heavy (non-hydrogen) atoms. The molecule has 0 aliphatic heterocycles. The summed E-state index contributed by atoms with van der Waals surface area (Å²) in [6.45, 7) is 10.0. The molecule has 1 aromatic rings. The Morgan fingerprint density at radius 3 is 2.37 bits per heavy atom. The Labute approximate surface area is 207 Å². The zero-order valence-electron chi connectivity index (χ0n) is 20.6. The first-order valence-corrected chi connectivity index (χ1v) is 12.4. The first-order chi connectivity index (χ1) is 16.3. The van der Waals surface area contributed by atoms with Crippen LogP contribution in [0, 0.1) is 23.2 Å². The van der Waals surface area contributed by atoms with E-state index in [4.69, 9.17) is 4.74 Å². The Kier molecular flexibility index (Phi) is 7.13. The van der Waals surface area contributed by atoms with Crippen molar-refractivity contribution in [2.75, 3.05) is 0 Å². The molecule has 3 rings (SSSR count). The number of carbonyl (C=O) groups excluding carboxylic acids is 2. The van der Waals surface area contributed by atoms with Gasteiger partial charge in [0.2, 0.25) is 5.91 Å². The Morgan fingerprint density at radius 1 is 1.26 bits per heavy atom. The van der Waals surface area contributed by atoms with Crippen LogP contribution in [-0.4, -0.2) is 71.8 Å². The molecule has 0 aromatic carbocycles. The van der Waals surface area contributed by atoms with E-state index in [0.717, 1.165) is 0 Å². The lowest BCUT2D eigenvalue weighted by Gasteiger charge is -2.42. The highest BCUT2D eigenvalue weighted by Gasteiger charge is 2.87. The van der Waals surface area contributed by atoms with Gasteiger partial charge in [0.1, 0.15) is 23.5 Å². The maximum atomic E-state index is 13.3. The number of nitrogens with zero attached hydrogens (tertiary/aromatic N) is 2. The van der Waals surface area contributed by atoms with Gasteiger partial charge in [-0.15, -0.1) is 0 Å². The van der Waals surface area contributed by atoms with Gasteiger partial charge in [-0.2, -0.15) is 5.10 Å². The maximum Gasteiger partial charge on any atom is 0.408 e. The lowest BCUT2D eigenvalue weighted by Crippen LogP contribution is -2.67. The highest BCUT2D eigenvalue weighted by atomic mass is 32.2. The first kappa shape index (κ1) is 26.8. The van der Waals surface area contributed by atoms with Crippen molar-refractivity contribution in [1.29, 1.82) is 0 Å². The Morgan fingerprint density at radius 2 is 1.91 bits per heavy atom. The van der Waals surface area contributed by atoms with Crippen molar-refractivity contribution in [1.82, 2.24) is 25.8 Å². The molecule has 1 aromatic heterocycles. The summed E-state index contributed by atoms with van der Waals surface area (Å²) < 4.78 is 5.19. The molecular formula is C22H33N5O7S. The molecule has 2 saturated carbocycles. The van der Waals surface area contributed by atoms with Crippen molar-refractivity contribution in [3.05, 3.63) is 6.33 Å². The Balaban J connectivity index is 1.98. The highest BCUT2D eigenvalue weighted by molar-refractivity contribution is 7.99. The number of fused-ring (bicyclic) bond motifs is 1.